The third kappa shape index (κ3) is 20.9. The predicted molar refractivity (Wildman–Crippen MR) is 265 cm³/mol. The van der Waals surface area contributed by atoms with Gasteiger partial charge in [-0.05, 0) is 113 Å². The zero-order valence-electron chi connectivity index (χ0n) is 46.0. The molecule has 0 spiro atoms. The fourth-order valence-corrected chi connectivity index (χ4v) is 10.7. The number of halogens is 2. The number of hydrogen-bond acceptors (Lipinski definition) is 22. The van der Waals surface area contributed by atoms with Crippen LogP contribution in [0.4, 0.5) is 0 Å². The molecule has 4 N–H and O–H groups in total. The van der Waals surface area contributed by atoms with Gasteiger partial charge < -0.3 is 73.6 Å². The molecule has 22 nitrogen and oxygen atoms in total. The smallest absolute Gasteiger partial charge is 0.368 e. The van der Waals surface area contributed by atoms with Crippen molar-refractivity contribution in [2.45, 2.75) is 153 Å². The third-order valence-electron chi connectivity index (χ3n) is 16.3. The van der Waals surface area contributed by atoms with Crippen molar-refractivity contribution in [1.29, 1.82) is 0 Å². The normalized spacial score (nSPS) is 23.8. The fraction of sp³-hybridized carbons (Fsp3) is 0.750. The van der Waals surface area contributed by atoms with Crippen LogP contribution in [0.15, 0.2) is 0 Å². The van der Waals surface area contributed by atoms with E-state index in [0.717, 1.165) is 80.0 Å². The van der Waals surface area contributed by atoms with Gasteiger partial charge in [0, 0.05) is 10.6 Å². The highest BCUT2D eigenvalue weighted by Crippen LogP contribution is 2.56. The van der Waals surface area contributed by atoms with Gasteiger partial charge in [-0.25, -0.2) is 0 Å². The molecule has 0 aliphatic heterocycles. The molecular formula is C52H94I2O22. The minimum absolute atomic E-state index is 0. The number of carbonyl (C=O) groups is 12. The number of aldehydes is 12. The SMILES string of the molecule is CC(C=O)(C=O)C(C=O)(C=O)C(C)(C=O)C=O.CC(O)C(O)C(C)O.CCC(C)C1CC(C)C2CC(C1CC)C(CC)C(C(C)CC)CC2C.[2HH].[2HH].[2HH].[2HH].[2HH].[CH2+]C(C=O)(C=O)C(C=O)(C=O)C(C)(C=O)C=O.[O-][I+2]([O-])[O-].[O-][I+3]([O-])([O-])O. The third-order valence-corrected chi connectivity index (χ3v) is 16.3. The summed E-state index contributed by atoms with van der Waals surface area (Å²) >= 11 is -9.70. The lowest BCUT2D eigenvalue weighted by molar-refractivity contribution is -1.92. The fourth-order valence-electron chi connectivity index (χ4n) is 10.7. The molecule has 0 heterocycles. The van der Waals surface area contributed by atoms with E-state index in [-0.39, 0.29) is 82.6 Å². The number of rotatable bonds is 24. The maximum absolute atomic E-state index is 11.1. The molecule has 2 aliphatic rings. The van der Waals surface area contributed by atoms with Gasteiger partial charge in [0.25, 0.3) is 21.1 Å². The summed E-state index contributed by atoms with van der Waals surface area (Å²) in [7, 11) is 0. The van der Waals surface area contributed by atoms with Crippen LogP contribution in [0, 0.1) is 98.6 Å². The van der Waals surface area contributed by atoms with Crippen LogP contribution in [0.25, 0.3) is 0 Å². The van der Waals surface area contributed by atoms with E-state index in [1.807, 2.05) is 0 Å². The molecule has 2 rings (SSSR count). The summed E-state index contributed by atoms with van der Waals surface area (Å²) in [6.07, 6.45) is 7.55. The van der Waals surface area contributed by atoms with Gasteiger partial charge in [0.05, 0.1) is 30.0 Å². The highest BCUT2D eigenvalue weighted by atomic mass is 127. The first kappa shape index (κ1) is 79.5. The van der Waals surface area contributed by atoms with E-state index in [4.69, 9.17) is 39.4 Å². The molecule has 2 aliphatic carbocycles. The minimum atomic E-state index is -5.69. The zero-order chi connectivity index (χ0) is 61.0. The Kier molecular flexibility index (Phi) is 37.9. The first-order valence-electron chi connectivity index (χ1n) is 24.7. The number of hydrogen-bond donors (Lipinski definition) is 4. The molecule has 10 unspecified atom stereocenters. The lowest BCUT2D eigenvalue weighted by atomic mass is 9.54. The monoisotopic (exact) mass is 1330 g/mol. The Labute approximate surface area is 470 Å². The van der Waals surface area contributed by atoms with Gasteiger partial charge >= 0.3 is 20.1 Å². The first-order chi connectivity index (χ1) is 34.9. The Balaban J connectivity index is -0.000000118. The topological polar surface area (TPSA) is 424 Å². The lowest BCUT2D eigenvalue weighted by Crippen LogP contribution is -4.23. The Morgan fingerprint density at radius 3 is 0.947 bits per heavy atom. The average Bonchev–Trinajstić information content (AvgIpc) is 3.63. The molecule has 0 radical (unpaired) electrons. The molecule has 0 amide bonds. The van der Waals surface area contributed by atoms with E-state index in [2.05, 4.69) is 62.3 Å². The van der Waals surface area contributed by atoms with Crippen molar-refractivity contribution in [2.75, 3.05) is 0 Å². The second-order valence-corrected chi connectivity index (χ2v) is 24.2. The zero-order valence-corrected chi connectivity index (χ0v) is 50.3. The van der Waals surface area contributed by atoms with Gasteiger partial charge in [0.2, 0.25) is 5.41 Å². The number of carbonyl (C=O) groups excluding carboxylic acids is 12. The summed E-state index contributed by atoms with van der Waals surface area (Å²) in [5.41, 5.74) is -13.4. The Morgan fingerprint density at radius 2 is 0.776 bits per heavy atom. The highest BCUT2D eigenvalue weighted by Gasteiger charge is 2.66. The van der Waals surface area contributed by atoms with Crippen LogP contribution in [0.3, 0.4) is 0 Å². The second-order valence-electron chi connectivity index (χ2n) is 20.8. The van der Waals surface area contributed by atoms with Crippen LogP contribution < -0.4 is 61.8 Å². The minimum Gasteiger partial charge on any atom is -0.427 e. The largest absolute Gasteiger partial charge is 0.427 e. The number of aliphatic hydroxyl groups excluding tert-OH is 3. The van der Waals surface area contributed by atoms with Gasteiger partial charge in [-0.15, -0.1) is 0 Å². The Morgan fingerprint density at radius 1 is 0.526 bits per heavy atom. The standard InChI is InChI=1S/C25H48.C11H12O6.C11H11O6.C5H12O3.HIO4.IO3.5H2/c1-9-16(5)23-13-18(7)22-15-25(20(23)11-3)21(12-4)24(14-19(22)8)17(6)10-2;2*1-9(3-12,4-13)11(7-16,8-17)10(2,5-14)6-15;1-3(6)5(8)4(2)7;2-1(3,4)5;2-1(3)4;;;;;/h16-25H,9-15H2,1-8H3;3-8H,1-2H3;3-8H,1H2,2H3;3-8H,1-2H3;2H;;5*1H/q;;+1;;;-1;;;;;/i;;;;;;5*1+1. The summed E-state index contributed by atoms with van der Waals surface area (Å²) in [5.74, 6) is 9.54. The van der Waals surface area contributed by atoms with Crippen molar-refractivity contribution in [3.05, 3.63) is 6.92 Å². The van der Waals surface area contributed by atoms with Gasteiger partial charge in [-0.2, -0.15) is 0 Å². The van der Waals surface area contributed by atoms with Crippen LogP contribution in [0.1, 0.15) is 142 Å². The van der Waals surface area contributed by atoms with E-state index in [1.54, 1.807) is 6.42 Å². The van der Waals surface area contributed by atoms with Crippen molar-refractivity contribution < 1.29 is 145 Å². The molecule has 2 saturated carbocycles. The number of fused-ring (bicyclic) bond motifs is 2. The van der Waals surface area contributed by atoms with Crippen LogP contribution in [-0.4, -0.2) is 113 Å². The molecule has 2 bridgehead atoms. The summed E-state index contributed by atoms with van der Waals surface area (Å²) in [5, 5.41) is 25.9. The van der Waals surface area contributed by atoms with Crippen LogP contribution in [0.2, 0.25) is 0 Å². The van der Waals surface area contributed by atoms with Crippen LogP contribution >= 0.6 is 0 Å². The van der Waals surface area contributed by atoms with E-state index in [9.17, 15) is 57.5 Å². The summed E-state index contributed by atoms with van der Waals surface area (Å²) < 4.78 is 58.9. The van der Waals surface area contributed by atoms with E-state index in [1.165, 1.54) is 52.4 Å². The predicted octanol–water partition coefficient (Wildman–Crippen LogP) is -7.11. The van der Waals surface area contributed by atoms with E-state index < -0.39 is 92.0 Å². The van der Waals surface area contributed by atoms with Crippen molar-refractivity contribution >= 4 is 75.4 Å². The average molecular weight is 1330 g/mol. The van der Waals surface area contributed by atoms with Gasteiger partial charge in [-0.3, -0.25) is 19.9 Å². The molecule has 0 aromatic rings. The maximum atomic E-state index is 11.1. The lowest BCUT2D eigenvalue weighted by Gasteiger charge is -2.42. The van der Waals surface area contributed by atoms with E-state index >= 15 is 0 Å². The summed E-state index contributed by atoms with van der Waals surface area (Å²) in [6.45, 7) is 29.2. The number of aliphatic hydroxyl groups is 3. The molecule has 10 atom stereocenters. The Bertz CT molecular complexity index is 1600. The maximum Gasteiger partial charge on any atom is 0.368 e. The molecule has 2 fully saturated rings. The highest BCUT2D eigenvalue weighted by molar-refractivity contribution is 6.08. The van der Waals surface area contributed by atoms with E-state index in [0.29, 0.717) is 0 Å². The molecule has 448 valence electrons. The quantitative estimate of drug-likeness (QED) is 0.0302. The molecule has 0 aromatic carbocycles. The van der Waals surface area contributed by atoms with Crippen molar-refractivity contribution in [2.24, 2.45) is 91.7 Å². The summed E-state index contributed by atoms with van der Waals surface area (Å²) in [4.78, 5) is 132. The van der Waals surface area contributed by atoms with Crippen molar-refractivity contribution in [3.8, 4) is 0 Å². The molecule has 0 saturated heterocycles. The first-order valence-corrected chi connectivity index (χ1v) is 31.0. The molecular weight excluding hydrogens is 1230 g/mol. The second kappa shape index (κ2) is 36.3. The van der Waals surface area contributed by atoms with Gasteiger partial charge in [0.1, 0.15) is 79.8 Å². The van der Waals surface area contributed by atoms with Gasteiger partial charge in [-0.1, -0.05) is 81.1 Å². The van der Waals surface area contributed by atoms with Crippen LogP contribution in [0.5, 0.6) is 0 Å². The van der Waals surface area contributed by atoms with Gasteiger partial charge in [0.15, 0.2) is 18.0 Å². The van der Waals surface area contributed by atoms with Crippen LogP contribution in [-0.2, 0) is 57.5 Å². The molecule has 24 heteroatoms. The van der Waals surface area contributed by atoms with Crippen molar-refractivity contribution in [3.63, 3.8) is 0 Å². The molecule has 76 heavy (non-hydrogen) atoms. The molecule has 0 aromatic heterocycles. The van der Waals surface area contributed by atoms with Crippen molar-refractivity contribution in [1.82, 2.24) is 0 Å². The summed E-state index contributed by atoms with van der Waals surface area (Å²) in [6, 6.07) is 0. The Hall–Kier alpha value is -3.03.